The first kappa shape index (κ1) is 22.3. The van der Waals surface area contributed by atoms with Gasteiger partial charge in [-0.3, -0.25) is 0 Å². The van der Waals surface area contributed by atoms with Gasteiger partial charge in [0.25, 0.3) is 0 Å². The van der Waals surface area contributed by atoms with Crippen LogP contribution in [0.25, 0.3) is 0 Å². The van der Waals surface area contributed by atoms with Gasteiger partial charge in [0.2, 0.25) is 0 Å². The van der Waals surface area contributed by atoms with Crippen molar-refractivity contribution in [2.24, 2.45) is 0 Å². The van der Waals surface area contributed by atoms with Crippen LogP contribution in [0.1, 0.15) is 48.6 Å². The molecule has 0 amide bonds. The summed E-state index contributed by atoms with van der Waals surface area (Å²) in [5.41, 5.74) is -0.359. The predicted molar refractivity (Wildman–Crippen MR) is 97.0 cm³/mol. The van der Waals surface area contributed by atoms with E-state index in [-0.39, 0.29) is 30.0 Å². The Kier molecular flexibility index (Phi) is 6.48. The second-order valence-corrected chi connectivity index (χ2v) is 7.79. The van der Waals surface area contributed by atoms with Crippen molar-refractivity contribution in [3.05, 3.63) is 70.3 Å². The summed E-state index contributed by atoms with van der Waals surface area (Å²) in [4.78, 5) is 0. The summed E-state index contributed by atoms with van der Waals surface area (Å²) in [5, 5.41) is 3.06. The Bertz CT molecular complexity index is 750. The lowest BCUT2D eigenvalue weighted by Gasteiger charge is -2.19. The first-order valence-electron chi connectivity index (χ1n) is 8.85. The minimum Gasteiger partial charge on any atom is -0.312 e. The topological polar surface area (TPSA) is 12.0 Å². The summed E-state index contributed by atoms with van der Waals surface area (Å²) in [7, 11) is 0. The minimum absolute atomic E-state index is 0.00210. The molecule has 0 saturated carbocycles. The van der Waals surface area contributed by atoms with Crippen LogP contribution in [0.3, 0.4) is 0 Å². The highest BCUT2D eigenvalue weighted by Crippen LogP contribution is 2.36. The van der Waals surface area contributed by atoms with Crippen molar-refractivity contribution in [2.45, 2.75) is 51.5 Å². The van der Waals surface area contributed by atoms with E-state index >= 15 is 0 Å². The van der Waals surface area contributed by atoms with Gasteiger partial charge in [0, 0.05) is 6.54 Å². The fraction of sp³-hybridized carbons (Fsp3) is 0.429. The van der Waals surface area contributed by atoms with E-state index < -0.39 is 23.5 Å². The molecule has 0 aliphatic carbocycles. The molecule has 1 nitrogen and oxygen atoms in total. The lowest BCUT2D eigenvalue weighted by Crippen LogP contribution is -2.18. The molecule has 0 heterocycles. The van der Waals surface area contributed by atoms with Crippen LogP contribution in [0.4, 0.5) is 26.3 Å². The normalized spacial score (nSPS) is 13.0. The van der Waals surface area contributed by atoms with E-state index in [0.717, 1.165) is 17.7 Å². The standard InChI is InChI=1S/C21H23F6N/c1-19(2,3)16-6-4-14(5-7-16)13-28-9-8-15-10-17(20(22,23)24)12-18(11-15)21(25,26)27/h4-7,10-12,28H,8-9,13H2,1-3H3. The van der Waals surface area contributed by atoms with Crippen molar-refractivity contribution in [1.29, 1.82) is 0 Å². The highest BCUT2D eigenvalue weighted by Gasteiger charge is 2.36. The maximum Gasteiger partial charge on any atom is 0.416 e. The van der Waals surface area contributed by atoms with Crippen LogP contribution in [0.2, 0.25) is 0 Å². The molecule has 0 bridgehead atoms. The molecule has 0 aliphatic heterocycles. The van der Waals surface area contributed by atoms with Crippen molar-refractivity contribution in [3.63, 3.8) is 0 Å². The summed E-state index contributed by atoms with van der Waals surface area (Å²) in [6, 6.07) is 9.63. The number of nitrogens with one attached hydrogen (secondary N) is 1. The molecule has 0 aromatic heterocycles. The number of halogens is 6. The molecule has 0 saturated heterocycles. The number of hydrogen-bond donors (Lipinski definition) is 1. The molecule has 0 fully saturated rings. The predicted octanol–water partition coefficient (Wildman–Crippen LogP) is 6.35. The number of rotatable bonds is 5. The molecule has 7 heteroatoms. The van der Waals surface area contributed by atoms with Gasteiger partial charge in [-0.05, 0) is 53.3 Å². The Morgan fingerprint density at radius 3 is 1.61 bits per heavy atom. The fourth-order valence-electron chi connectivity index (χ4n) is 2.75. The first-order valence-corrected chi connectivity index (χ1v) is 8.85. The van der Waals surface area contributed by atoms with Gasteiger partial charge in [0.05, 0.1) is 11.1 Å². The molecule has 154 valence electrons. The zero-order valence-corrected chi connectivity index (χ0v) is 15.9. The molecule has 0 spiro atoms. The Morgan fingerprint density at radius 2 is 1.18 bits per heavy atom. The highest BCUT2D eigenvalue weighted by atomic mass is 19.4. The number of hydrogen-bond acceptors (Lipinski definition) is 1. The third-order valence-electron chi connectivity index (χ3n) is 4.39. The zero-order valence-electron chi connectivity index (χ0n) is 15.9. The van der Waals surface area contributed by atoms with Crippen molar-refractivity contribution in [2.75, 3.05) is 6.54 Å². The van der Waals surface area contributed by atoms with E-state index in [1.165, 1.54) is 5.56 Å². The van der Waals surface area contributed by atoms with E-state index in [1.807, 2.05) is 24.3 Å². The monoisotopic (exact) mass is 403 g/mol. The molecule has 0 radical (unpaired) electrons. The third-order valence-corrected chi connectivity index (χ3v) is 4.39. The quantitative estimate of drug-likeness (QED) is 0.453. The van der Waals surface area contributed by atoms with E-state index in [1.54, 1.807) is 0 Å². The van der Waals surface area contributed by atoms with Crippen molar-refractivity contribution in [3.8, 4) is 0 Å². The lowest BCUT2D eigenvalue weighted by molar-refractivity contribution is -0.143. The molecule has 2 aromatic carbocycles. The maximum absolute atomic E-state index is 12.9. The van der Waals surface area contributed by atoms with Crippen LogP contribution < -0.4 is 5.32 Å². The smallest absolute Gasteiger partial charge is 0.312 e. The van der Waals surface area contributed by atoms with Gasteiger partial charge < -0.3 is 5.32 Å². The summed E-state index contributed by atoms with van der Waals surface area (Å²) in [5.74, 6) is 0. The van der Waals surface area contributed by atoms with E-state index in [0.29, 0.717) is 6.54 Å². The molecular weight excluding hydrogens is 380 g/mol. The highest BCUT2D eigenvalue weighted by molar-refractivity contribution is 5.34. The molecule has 1 N–H and O–H groups in total. The average Bonchev–Trinajstić information content (AvgIpc) is 2.56. The Hall–Kier alpha value is -2.02. The van der Waals surface area contributed by atoms with Crippen molar-refractivity contribution in [1.82, 2.24) is 5.32 Å². The molecule has 0 unspecified atom stereocenters. The van der Waals surface area contributed by atoms with Crippen LogP contribution in [-0.2, 0) is 30.7 Å². The molecule has 0 atom stereocenters. The van der Waals surface area contributed by atoms with Crippen LogP contribution in [0, 0.1) is 0 Å². The van der Waals surface area contributed by atoms with Gasteiger partial charge in [-0.25, -0.2) is 0 Å². The van der Waals surface area contributed by atoms with Gasteiger partial charge in [0.15, 0.2) is 0 Å². The molecule has 0 aliphatic rings. The zero-order chi connectivity index (χ0) is 21.2. The third kappa shape index (κ3) is 6.26. The van der Waals surface area contributed by atoms with E-state index in [2.05, 4.69) is 26.1 Å². The van der Waals surface area contributed by atoms with Crippen molar-refractivity contribution >= 4 is 0 Å². The van der Waals surface area contributed by atoms with E-state index in [9.17, 15) is 26.3 Å². The summed E-state index contributed by atoms with van der Waals surface area (Å²) < 4.78 is 77.3. The molecule has 2 aromatic rings. The summed E-state index contributed by atoms with van der Waals surface area (Å²) >= 11 is 0. The Morgan fingerprint density at radius 1 is 0.679 bits per heavy atom. The van der Waals surface area contributed by atoms with E-state index in [4.69, 9.17) is 0 Å². The van der Waals surface area contributed by atoms with Gasteiger partial charge in [-0.15, -0.1) is 0 Å². The molecule has 28 heavy (non-hydrogen) atoms. The van der Waals surface area contributed by atoms with Crippen LogP contribution in [0.15, 0.2) is 42.5 Å². The van der Waals surface area contributed by atoms with Gasteiger partial charge in [-0.2, -0.15) is 26.3 Å². The fourth-order valence-corrected chi connectivity index (χ4v) is 2.75. The maximum atomic E-state index is 12.9. The van der Waals surface area contributed by atoms with Crippen LogP contribution in [0.5, 0.6) is 0 Å². The SMILES string of the molecule is CC(C)(C)c1ccc(CNCCc2cc(C(F)(F)F)cc(C(F)(F)F)c2)cc1. The second-order valence-electron chi connectivity index (χ2n) is 7.79. The average molecular weight is 403 g/mol. The van der Waals surface area contributed by atoms with Crippen LogP contribution >= 0.6 is 0 Å². The van der Waals surface area contributed by atoms with Gasteiger partial charge in [-0.1, -0.05) is 45.0 Å². The second kappa shape index (κ2) is 8.15. The summed E-state index contributed by atoms with van der Waals surface area (Å²) in [6.45, 7) is 7.05. The summed E-state index contributed by atoms with van der Waals surface area (Å²) in [6.07, 6.45) is -9.58. The first-order chi connectivity index (χ1) is 12.8. The Labute approximate surface area is 160 Å². The Balaban J connectivity index is 2.00. The van der Waals surface area contributed by atoms with Gasteiger partial charge in [0.1, 0.15) is 0 Å². The molecule has 2 rings (SSSR count). The lowest BCUT2D eigenvalue weighted by atomic mass is 9.87. The van der Waals surface area contributed by atoms with Gasteiger partial charge >= 0.3 is 12.4 Å². The number of alkyl halides is 6. The number of benzene rings is 2. The van der Waals surface area contributed by atoms with Crippen molar-refractivity contribution < 1.29 is 26.3 Å². The largest absolute Gasteiger partial charge is 0.416 e. The van der Waals surface area contributed by atoms with Crippen LogP contribution in [-0.4, -0.2) is 6.54 Å². The minimum atomic E-state index is -4.82. The molecular formula is C21H23F6N.